The fraction of sp³-hybridized carbons (Fsp3) is 0.0370. The first-order chi connectivity index (χ1) is 16.3. The van der Waals surface area contributed by atoms with Gasteiger partial charge in [-0.1, -0.05) is 36.4 Å². The Morgan fingerprint density at radius 3 is 2.58 bits per heavy atom. The van der Waals surface area contributed by atoms with Crippen molar-refractivity contribution in [2.24, 2.45) is 0 Å². The molecule has 6 nitrogen and oxygen atoms in total. The molecule has 0 unspecified atom stereocenters. The van der Waals surface area contributed by atoms with Gasteiger partial charge in [0.25, 0.3) is 0 Å². The van der Waals surface area contributed by atoms with E-state index in [0.717, 1.165) is 27.4 Å². The van der Waals surface area contributed by atoms with Crippen molar-refractivity contribution in [2.45, 2.75) is 6.61 Å². The van der Waals surface area contributed by atoms with Crippen LogP contribution >= 0.6 is 0 Å². The zero-order valence-corrected chi connectivity index (χ0v) is 17.4. The molecule has 2 aromatic carbocycles. The summed E-state index contributed by atoms with van der Waals surface area (Å²) in [5, 5.41) is 2.05. The Bertz CT molecular complexity index is 1660. The lowest BCUT2D eigenvalue weighted by molar-refractivity contribution is 0.292. The van der Waals surface area contributed by atoms with Gasteiger partial charge in [0.2, 0.25) is 5.88 Å². The number of pyridine rings is 2. The zero-order chi connectivity index (χ0) is 22.0. The minimum Gasteiger partial charge on any atom is -0.471 e. The molecule has 33 heavy (non-hydrogen) atoms. The first-order valence-corrected chi connectivity index (χ1v) is 10.4. The Hall–Kier alpha value is -4.76. The second kappa shape index (κ2) is 8.06. The van der Waals surface area contributed by atoms with Crippen LogP contribution in [0.5, 0.6) is 5.88 Å². The molecule has 0 radical (unpaired) electrons. The Morgan fingerprint density at radius 2 is 1.64 bits per heavy atom. The third-order valence-corrected chi connectivity index (χ3v) is 5.16. The highest BCUT2D eigenvalue weighted by molar-refractivity contribution is 5.79. The molecule has 0 N–H and O–H groups in total. The molecule has 4 heterocycles. The SMILES string of the molecule is C(#Cc1nc2ncccc2nc1OCc1cnc2ccccc2c1)c1cc2ccccc2o1. The number of nitrogens with zero attached hydrogens (tertiary/aromatic N) is 4. The predicted molar refractivity (Wildman–Crippen MR) is 126 cm³/mol. The van der Waals surface area contributed by atoms with Crippen LogP contribution in [0.4, 0.5) is 0 Å². The van der Waals surface area contributed by atoms with Gasteiger partial charge in [0, 0.05) is 34.8 Å². The number of fused-ring (bicyclic) bond motifs is 3. The summed E-state index contributed by atoms with van der Waals surface area (Å²) in [5.74, 6) is 6.97. The van der Waals surface area contributed by atoms with Gasteiger partial charge in [-0.25, -0.2) is 15.0 Å². The summed E-state index contributed by atoms with van der Waals surface area (Å²) in [5.41, 5.74) is 4.20. The zero-order valence-electron chi connectivity index (χ0n) is 17.4. The predicted octanol–water partition coefficient (Wildman–Crippen LogP) is 5.30. The molecule has 0 fully saturated rings. The summed E-state index contributed by atoms with van der Waals surface area (Å²) < 4.78 is 11.9. The second-order valence-electron chi connectivity index (χ2n) is 7.45. The van der Waals surface area contributed by atoms with Gasteiger partial charge in [-0.2, -0.15) is 0 Å². The van der Waals surface area contributed by atoms with Crippen molar-refractivity contribution in [3.63, 3.8) is 0 Å². The molecule has 6 heteroatoms. The number of aromatic nitrogens is 4. The van der Waals surface area contributed by atoms with Crippen LogP contribution in [0.2, 0.25) is 0 Å². The molecule has 0 aliphatic heterocycles. The normalized spacial score (nSPS) is 10.9. The van der Waals surface area contributed by atoms with Crippen molar-refractivity contribution in [1.29, 1.82) is 0 Å². The van der Waals surface area contributed by atoms with Crippen LogP contribution in [-0.4, -0.2) is 19.9 Å². The molecule has 0 saturated carbocycles. The lowest BCUT2D eigenvalue weighted by Gasteiger charge is -2.08. The first kappa shape index (κ1) is 19.0. The van der Waals surface area contributed by atoms with E-state index in [0.29, 0.717) is 28.5 Å². The molecule has 6 rings (SSSR count). The van der Waals surface area contributed by atoms with E-state index < -0.39 is 0 Å². The van der Waals surface area contributed by atoms with E-state index in [2.05, 4.69) is 37.8 Å². The van der Waals surface area contributed by atoms with Gasteiger partial charge in [0.1, 0.15) is 17.7 Å². The van der Waals surface area contributed by atoms with Gasteiger partial charge in [0.05, 0.1) is 5.52 Å². The number of benzene rings is 2. The molecule has 4 aromatic heterocycles. The number of hydrogen-bond acceptors (Lipinski definition) is 6. The van der Waals surface area contributed by atoms with Gasteiger partial charge in [-0.3, -0.25) is 4.98 Å². The highest BCUT2D eigenvalue weighted by Crippen LogP contribution is 2.21. The molecule has 0 aliphatic carbocycles. The van der Waals surface area contributed by atoms with Crippen molar-refractivity contribution in [2.75, 3.05) is 0 Å². The smallest absolute Gasteiger partial charge is 0.250 e. The fourth-order valence-electron chi connectivity index (χ4n) is 3.57. The summed E-state index contributed by atoms with van der Waals surface area (Å²) >= 11 is 0. The van der Waals surface area contributed by atoms with Gasteiger partial charge in [-0.15, -0.1) is 0 Å². The number of rotatable bonds is 3. The molecule has 0 atom stereocenters. The van der Waals surface area contributed by atoms with E-state index in [1.165, 1.54) is 0 Å². The van der Waals surface area contributed by atoms with E-state index in [1.54, 1.807) is 12.4 Å². The van der Waals surface area contributed by atoms with Crippen molar-refractivity contribution in [3.05, 3.63) is 102 Å². The van der Waals surface area contributed by atoms with E-state index in [1.807, 2.05) is 66.7 Å². The van der Waals surface area contributed by atoms with Crippen molar-refractivity contribution >= 4 is 33.0 Å². The third kappa shape index (κ3) is 3.84. The quantitative estimate of drug-likeness (QED) is 0.356. The minimum atomic E-state index is 0.289. The summed E-state index contributed by atoms with van der Waals surface area (Å²) in [6.07, 6.45) is 3.48. The third-order valence-electron chi connectivity index (χ3n) is 5.16. The molecule has 0 aliphatic rings. The van der Waals surface area contributed by atoms with E-state index in [9.17, 15) is 0 Å². The summed E-state index contributed by atoms with van der Waals surface area (Å²) in [7, 11) is 0. The molecule has 156 valence electrons. The summed E-state index contributed by atoms with van der Waals surface area (Å²) in [4.78, 5) is 18.0. The first-order valence-electron chi connectivity index (χ1n) is 10.4. The number of hydrogen-bond donors (Lipinski definition) is 0. The summed E-state index contributed by atoms with van der Waals surface area (Å²) in [6, 6.07) is 23.4. The topological polar surface area (TPSA) is 73.9 Å². The lowest BCUT2D eigenvalue weighted by atomic mass is 10.2. The number of furan rings is 1. The van der Waals surface area contributed by atoms with Crippen LogP contribution in [-0.2, 0) is 6.61 Å². The van der Waals surface area contributed by atoms with Crippen molar-refractivity contribution in [1.82, 2.24) is 19.9 Å². The summed E-state index contributed by atoms with van der Waals surface area (Å²) in [6.45, 7) is 0.289. The highest BCUT2D eigenvalue weighted by atomic mass is 16.5. The van der Waals surface area contributed by atoms with Crippen molar-refractivity contribution < 1.29 is 9.15 Å². The molecule has 0 amide bonds. The molecule has 0 bridgehead atoms. The Morgan fingerprint density at radius 1 is 0.788 bits per heavy atom. The molecular formula is C27H16N4O2. The molecule has 0 saturated heterocycles. The maximum Gasteiger partial charge on any atom is 0.250 e. The van der Waals surface area contributed by atoms with Crippen LogP contribution < -0.4 is 4.74 Å². The van der Waals surface area contributed by atoms with Crippen LogP contribution in [0.15, 0.2) is 89.6 Å². The highest BCUT2D eigenvalue weighted by Gasteiger charge is 2.11. The van der Waals surface area contributed by atoms with Gasteiger partial charge >= 0.3 is 0 Å². The Kier molecular flexibility index (Phi) is 4.63. The Balaban J connectivity index is 1.35. The van der Waals surface area contributed by atoms with Gasteiger partial charge in [0.15, 0.2) is 17.1 Å². The van der Waals surface area contributed by atoms with E-state index in [-0.39, 0.29) is 6.61 Å². The van der Waals surface area contributed by atoms with Gasteiger partial charge in [-0.05, 0) is 42.2 Å². The number of ether oxygens (including phenoxy) is 1. The largest absolute Gasteiger partial charge is 0.471 e. The number of para-hydroxylation sites is 2. The van der Waals surface area contributed by atoms with E-state index >= 15 is 0 Å². The van der Waals surface area contributed by atoms with Crippen LogP contribution in [0, 0.1) is 11.8 Å². The standard InChI is InChI=1S/C27H16N4O2/c1-3-8-22-19(6-1)14-18(16-29-22)17-32-27-24(30-26-23(31-27)9-5-13-28-26)12-11-21-15-20-7-2-4-10-25(20)33-21/h1-10,13-16H,17H2. The average molecular weight is 428 g/mol. The second-order valence-corrected chi connectivity index (χ2v) is 7.45. The minimum absolute atomic E-state index is 0.289. The molecule has 6 aromatic rings. The average Bonchev–Trinajstić information content (AvgIpc) is 3.29. The molecule has 0 spiro atoms. The van der Waals surface area contributed by atoms with Crippen LogP contribution in [0.25, 0.3) is 33.0 Å². The van der Waals surface area contributed by atoms with E-state index in [4.69, 9.17) is 9.15 Å². The fourth-order valence-corrected chi connectivity index (χ4v) is 3.57. The van der Waals surface area contributed by atoms with Crippen LogP contribution in [0.3, 0.4) is 0 Å². The molecular weight excluding hydrogens is 412 g/mol. The maximum atomic E-state index is 6.05. The van der Waals surface area contributed by atoms with Crippen molar-refractivity contribution in [3.8, 4) is 17.7 Å². The maximum absolute atomic E-state index is 6.05. The monoisotopic (exact) mass is 428 g/mol. The Labute approximate surface area is 188 Å². The lowest BCUT2D eigenvalue weighted by Crippen LogP contribution is -2.03. The van der Waals surface area contributed by atoms with Gasteiger partial charge < -0.3 is 9.15 Å². The van der Waals surface area contributed by atoms with Crippen LogP contribution in [0.1, 0.15) is 17.0 Å².